The maximum absolute atomic E-state index is 11.9. The highest BCUT2D eigenvalue weighted by Crippen LogP contribution is 2.11. The summed E-state index contributed by atoms with van der Waals surface area (Å²) in [5.41, 5.74) is 7.34. The van der Waals surface area contributed by atoms with Crippen molar-refractivity contribution in [2.45, 2.75) is 13.0 Å². The summed E-state index contributed by atoms with van der Waals surface area (Å²) < 4.78 is 0. The Morgan fingerprint density at radius 2 is 2.17 bits per heavy atom. The fourth-order valence-electron chi connectivity index (χ4n) is 1.53. The number of hydrogen-bond donors (Lipinski definition) is 2. The van der Waals surface area contributed by atoms with Gasteiger partial charge in [0.25, 0.3) is 5.91 Å². The van der Waals surface area contributed by atoms with Crippen LogP contribution in [0.5, 0.6) is 0 Å². The molecule has 5 heteroatoms. The predicted octanol–water partition coefficient (Wildman–Crippen LogP) is 1.55. The van der Waals surface area contributed by atoms with Crippen molar-refractivity contribution in [2.75, 3.05) is 5.73 Å². The maximum atomic E-state index is 11.9. The van der Waals surface area contributed by atoms with Gasteiger partial charge in [-0.15, -0.1) is 0 Å². The summed E-state index contributed by atoms with van der Waals surface area (Å²) in [7, 11) is 0. The van der Waals surface area contributed by atoms with Crippen LogP contribution in [0.15, 0.2) is 42.9 Å². The van der Waals surface area contributed by atoms with Crippen molar-refractivity contribution in [3.63, 3.8) is 0 Å². The normalized spacial score (nSPS) is 11.8. The molecule has 0 saturated carbocycles. The van der Waals surface area contributed by atoms with E-state index in [0.717, 1.165) is 5.56 Å². The molecule has 0 unspecified atom stereocenters. The molecule has 18 heavy (non-hydrogen) atoms. The zero-order valence-corrected chi connectivity index (χ0v) is 10.00. The van der Waals surface area contributed by atoms with E-state index in [1.165, 1.54) is 6.20 Å². The van der Waals surface area contributed by atoms with E-state index < -0.39 is 0 Å². The van der Waals surface area contributed by atoms with Crippen molar-refractivity contribution in [3.05, 3.63) is 54.1 Å². The number of carbonyl (C=O) groups is 1. The van der Waals surface area contributed by atoms with Gasteiger partial charge < -0.3 is 11.1 Å². The van der Waals surface area contributed by atoms with Crippen molar-refractivity contribution < 1.29 is 4.79 Å². The molecule has 0 radical (unpaired) electrons. The third-order valence-corrected chi connectivity index (χ3v) is 2.55. The van der Waals surface area contributed by atoms with Crippen LogP contribution < -0.4 is 11.1 Å². The minimum atomic E-state index is -0.230. The second-order valence-electron chi connectivity index (χ2n) is 3.96. The number of pyridine rings is 2. The highest BCUT2D eigenvalue weighted by atomic mass is 16.1. The van der Waals surface area contributed by atoms with E-state index in [1.807, 2.05) is 19.1 Å². The van der Waals surface area contributed by atoms with Crippen LogP contribution in [0.3, 0.4) is 0 Å². The fraction of sp³-hybridized carbons (Fsp3) is 0.154. The quantitative estimate of drug-likeness (QED) is 0.855. The first-order chi connectivity index (χ1) is 8.66. The van der Waals surface area contributed by atoms with Gasteiger partial charge in [0.1, 0.15) is 5.69 Å². The van der Waals surface area contributed by atoms with E-state index >= 15 is 0 Å². The second-order valence-corrected chi connectivity index (χ2v) is 3.96. The molecule has 0 aliphatic carbocycles. The first-order valence-electron chi connectivity index (χ1n) is 5.59. The van der Waals surface area contributed by atoms with Gasteiger partial charge >= 0.3 is 0 Å². The van der Waals surface area contributed by atoms with Crippen LogP contribution in [0.4, 0.5) is 5.69 Å². The summed E-state index contributed by atoms with van der Waals surface area (Å²) in [5, 5.41) is 2.85. The van der Waals surface area contributed by atoms with E-state index in [-0.39, 0.29) is 11.9 Å². The number of aromatic nitrogens is 2. The Labute approximate surface area is 105 Å². The largest absolute Gasteiger partial charge is 0.397 e. The van der Waals surface area contributed by atoms with E-state index in [4.69, 9.17) is 5.73 Å². The van der Waals surface area contributed by atoms with Crippen molar-refractivity contribution in [3.8, 4) is 0 Å². The Bertz CT molecular complexity index is 524. The van der Waals surface area contributed by atoms with Gasteiger partial charge in [0.2, 0.25) is 0 Å². The Kier molecular flexibility index (Phi) is 3.52. The minimum Gasteiger partial charge on any atom is -0.397 e. The molecule has 0 saturated heterocycles. The molecule has 92 valence electrons. The smallest absolute Gasteiger partial charge is 0.270 e. The average molecular weight is 242 g/mol. The Morgan fingerprint density at radius 3 is 2.78 bits per heavy atom. The first-order valence-corrected chi connectivity index (χ1v) is 5.59. The van der Waals surface area contributed by atoms with Crippen molar-refractivity contribution >= 4 is 11.6 Å². The van der Waals surface area contributed by atoms with Crippen LogP contribution in [0.25, 0.3) is 0 Å². The van der Waals surface area contributed by atoms with Crippen molar-refractivity contribution in [1.82, 2.24) is 15.3 Å². The number of carbonyl (C=O) groups excluding carboxylic acids is 1. The van der Waals surface area contributed by atoms with Crippen molar-refractivity contribution in [2.24, 2.45) is 0 Å². The number of nitrogens with zero attached hydrogens (tertiary/aromatic N) is 2. The zero-order chi connectivity index (χ0) is 13.0. The highest BCUT2D eigenvalue weighted by Gasteiger charge is 2.12. The molecule has 2 heterocycles. The molecule has 0 aliphatic rings. The maximum Gasteiger partial charge on any atom is 0.270 e. The lowest BCUT2D eigenvalue weighted by molar-refractivity contribution is 0.0935. The molecule has 2 rings (SSSR count). The first kappa shape index (κ1) is 12.0. The fourth-order valence-corrected chi connectivity index (χ4v) is 1.53. The lowest BCUT2D eigenvalue weighted by Crippen LogP contribution is -2.27. The van der Waals surface area contributed by atoms with Gasteiger partial charge in [-0.25, -0.2) is 4.98 Å². The molecule has 0 aromatic carbocycles. The van der Waals surface area contributed by atoms with Gasteiger partial charge in [0, 0.05) is 12.4 Å². The van der Waals surface area contributed by atoms with Crippen LogP contribution in [-0.2, 0) is 0 Å². The zero-order valence-electron chi connectivity index (χ0n) is 10.00. The molecule has 0 fully saturated rings. The predicted molar refractivity (Wildman–Crippen MR) is 68.8 cm³/mol. The summed E-state index contributed by atoms with van der Waals surface area (Å²) in [5.74, 6) is -0.230. The second kappa shape index (κ2) is 5.27. The summed E-state index contributed by atoms with van der Waals surface area (Å²) in [6.07, 6.45) is 4.88. The summed E-state index contributed by atoms with van der Waals surface area (Å²) in [6, 6.07) is 6.87. The number of nitrogen functional groups attached to an aromatic ring is 1. The van der Waals surface area contributed by atoms with E-state index in [2.05, 4.69) is 15.3 Å². The Morgan fingerprint density at radius 1 is 1.33 bits per heavy atom. The molecule has 3 N–H and O–H groups in total. The number of nitrogens with one attached hydrogen (secondary N) is 1. The third-order valence-electron chi connectivity index (χ3n) is 2.55. The molecule has 2 aromatic rings. The summed E-state index contributed by atoms with van der Waals surface area (Å²) >= 11 is 0. The van der Waals surface area contributed by atoms with E-state index in [1.54, 1.807) is 24.5 Å². The van der Waals surface area contributed by atoms with Gasteiger partial charge in [0.05, 0.1) is 17.9 Å². The van der Waals surface area contributed by atoms with Gasteiger partial charge in [-0.3, -0.25) is 9.78 Å². The summed E-state index contributed by atoms with van der Waals surface area (Å²) in [6.45, 7) is 1.90. The molecule has 5 nitrogen and oxygen atoms in total. The van der Waals surface area contributed by atoms with Gasteiger partial charge in [0.15, 0.2) is 0 Å². The van der Waals surface area contributed by atoms with E-state index in [9.17, 15) is 4.79 Å². The average Bonchev–Trinajstić information content (AvgIpc) is 2.40. The molecule has 0 spiro atoms. The van der Waals surface area contributed by atoms with Crippen LogP contribution >= 0.6 is 0 Å². The van der Waals surface area contributed by atoms with Crippen LogP contribution in [-0.4, -0.2) is 15.9 Å². The van der Waals surface area contributed by atoms with Crippen LogP contribution in [0.2, 0.25) is 0 Å². The monoisotopic (exact) mass is 242 g/mol. The number of rotatable bonds is 3. The Hall–Kier alpha value is -2.43. The molecular formula is C13H14N4O. The van der Waals surface area contributed by atoms with Crippen LogP contribution in [0.1, 0.15) is 29.0 Å². The van der Waals surface area contributed by atoms with Gasteiger partial charge in [-0.2, -0.15) is 0 Å². The van der Waals surface area contributed by atoms with Crippen molar-refractivity contribution in [1.29, 1.82) is 0 Å². The van der Waals surface area contributed by atoms with E-state index in [0.29, 0.717) is 11.4 Å². The lowest BCUT2D eigenvalue weighted by atomic mass is 10.1. The molecule has 1 amide bonds. The standard InChI is InChI=1S/C13H14N4O/c1-9(10-3-2-6-15-7-10)17-13(18)12-5-4-11(14)8-16-12/h2-9H,14H2,1H3,(H,17,18)/t9-/m0/s1. The molecule has 0 aliphatic heterocycles. The molecule has 2 aromatic heterocycles. The number of hydrogen-bond acceptors (Lipinski definition) is 4. The molecule has 1 atom stereocenters. The highest BCUT2D eigenvalue weighted by molar-refractivity contribution is 5.92. The SMILES string of the molecule is C[C@H](NC(=O)c1ccc(N)cn1)c1cccnc1. The molecular weight excluding hydrogens is 228 g/mol. The van der Waals surface area contributed by atoms with Crippen LogP contribution in [0, 0.1) is 0 Å². The molecule has 0 bridgehead atoms. The third kappa shape index (κ3) is 2.82. The Balaban J connectivity index is 2.06. The lowest BCUT2D eigenvalue weighted by Gasteiger charge is -2.13. The minimum absolute atomic E-state index is 0.120. The van der Waals surface area contributed by atoms with Gasteiger partial charge in [-0.1, -0.05) is 6.07 Å². The number of anilines is 1. The summed E-state index contributed by atoms with van der Waals surface area (Å²) in [4.78, 5) is 19.9. The number of amides is 1. The number of nitrogens with two attached hydrogens (primary N) is 1. The van der Waals surface area contributed by atoms with Gasteiger partial charge in [-0.05, 0) is 30.7 Å². The topological polar surface area (TPSA) is 80.9 Å².